The Hall–Kier alpha value is -3.04. The highest BCUT2D eigenvalue weighted by Gasteiger charge is 2.53. The third-order valence-electron chi connectivity index (χ3n) is 5.28. The monoisotopic (exact) mass is 359 g/mol. The first kappa shape index (κ1) is 16.4. The number of hydrogen-bond acceptors (Lipinski definition) is 6. The summed E-state index contributed by atoms with van der Waals surface area (Å²) in [7, 11) is 0. The smallest absolute Gasteiger partial charge is 0.269 e. The minimum atomic E-state index is -0.711. The second-order valence-electron chi connectivity index (χ2n) is 6.71. The van der Waals surface area contributed by atoms with Crippen LogP contribution < -0.4 is 16.0 Å². The fourth-order valence-corrected chi connectivity index (χ4v) is 4.07. The fraction of sp³-hybridized carbons (Fsp3) is 0.438. The van der Waals surface area contributed by atoms with E-state index in [0.717, 1.165) is 25.7 Å². The van der Waals surface area contributed by atoms with E-state index in [4.69, 9.17) is 5.73 Å². The van der Waals surface area contributed by atoms with E-state index in [-0.39, 0.29) is 28.8 Å². The van der Waals surface area contributed by atoms with Crippen LogP contribution in [0.5, 0.6) is 0 Å². The molecule has 0 spiro atoms. The number of hydrogen-bond donors (Lipinski definition) is 3. The van der Waals surface area contributed by atoms with Crippen LogP contribution in [0.3, 0.4) is 0 Å². The summed E-state index contributed by atoms with van der Waals surface area (Å²) in [6.07, 6.45) is 6.30. The van der Waals surface area contributed by atoms with Crippen molar-refractivity contribution in [3.05, 3.63) is 35.8 Å². The van der Waals surface area contributed by atoms with Gasteiger partial charge in [-0.15, -0.1) is 0 Å². The molecule has 4 N–H and O–H groups in total. The highest BCUT2D eigenvalue weighted by Crippen LogP contribution is 2.48. The number of rotatable bonds is 5. The van der Waals surface area contributed by atoms with E-state index in [2.05, 4.69) is 25.5 Å². The highest BCUT2D eigenvalue weighted by atomic mass is 19.1. The van der Waals surface area contributed by atoms with Gasteiger partial charge < -0.3 is 16.0 Å². The number of nitrogens with zero attached hydrogens (tertiary/aromatic N) is 4. The van der Waals surface area contributed by atoms with E-state index < -0.39 is 17.8 Å². The Kier molecular flexibility index (Phi) is 3.82. The summed E-state index contributed by atoms with van der Waals surface area (Å²) < 4.78 is 14.2. The minimum Gasteiger partial charge on any atom is -0.364 e. The molecule has 0 atom stereocenters. The third-order valence-corrected chi connectivity index (χ3v) is 5.28. The second kappa shape index (κ2) is 6.04. The summed E-state index contributed by atoms with van der Waals surface area (Å²) in [5.41, 5.74) is 4.90. The molecule has 4 heterocycles. The van der Waals surface area contributed by atoms with Gasteiger partial charge in [0.2, 0.25) is 0 Å². The first-order valence-electron chi connectivity index (χ1n) is 8.39. The summed E-state index contributed by atoms with van der Waals surface area (Å²) in [4.78, 5) is 33.3. The van der Waals surface area contributed by atoms with Crippen molar-refractivity contribution >= 4 is 17.6 Å². The van der Waals surface area contributed by atoms with Crippen LogP contribution in [-0.2, 0) is 0 Å². The molecule has 9 nitrogen and oxygen atoms in total. The van der Waals surface area contributed by atoms with Gasteiger partial charge in [0.15, 0.2) is 11.5 Å². The lowest BCUT2D eigenvalue weighted by Gasteiger charge is -2.35. The van der Waals surface area contributed by atoms with Crippen molar-refractivity contribution in [3.8, 4) is 0 Å². The summed E-state index contributed by atoms with van der Waals surface area (Å²) >= 11 is 0. The number of fused-ring (bicyclic) bond motifs is 2. The number of aromatic nitrogens is 4. The molecule has 0 radical (unpaired) electrons. The van der Waals surface area contributed by atoms with Gasteiger partial charge in [0.05, 0.1) is 5.54 Å². The van der Waals surface area contributed by atoms with Crippen LogP contribution in [0, 0.1) is 5.95 Å². The van der Waals surface area contributed by atoms with Crippen molar-refractivity contribution in [1.82, 2.24) is 25.5 Å². The number of carbonyl (C=O) groups is 2. The number of aromatic amines is 1. The van der Waals surface area contributed by atoms with Crippen molar-refractivity contribution in [1.29, 1.82) is 0 Å². The average Bonchev–Trinajstić information content (AvgIpc) is 3.34. The van der Waals surface area contributed by atoms with Crippen molar-refractivity contribution in [2.45, 2.75) is 37.3 Å². The Labute approximate surface area is 148 Å². The zero-order valence-electron chi connectivity index (χ0n) is 13.9. The molecule has 0 saturated carbocycles. The van der Waals surface area contributed by atoms with Gasteiger partial charge in [-0.1, -0.05) is 0 Å². The number of halogens is 1. The number of primary amides is 1. The lowest BCUT2D eigenvalue weighted by atomic mass is 9.87. The van der Waals surface area contributed by atoms with Crippen molar-refractivity contribution in [2.75, 3.05) is 11.4 Å². The van der Waals surface area contributed by atoms with E-state index in [1.807, 2.05) is 4.90 Å². The van der Waals surface area contributed by atoms with E-state index in [1.165, 1.54) is 18.5 Å². The summed E-state index contributed by atoms with van der Waals surface area (Å²) in [5.74, 6) is -1.47. The molecule has 2 saturated heterocycles. The standard InChI is InChI=1S/C16H18FN7O2/c17-12-14(20-6-5-19-12)24-9-1-3-16(24,4-2-9)8-21-15(26)11-7-10(13(18)25)22-23-11/h5-7,9H,1-4,8H2,(H2,18,25)(H,21,26)(H,22,23). The molecule has 2 aromatic heterocycles. The van der Waals surface area contributed by atoms with Crippen LogP contribution in [0.25, 0.3) is 0 Å². The van der Waals surface area contributed by atoms with Crippen molar-refractivity contribution in [2.24, 2.45) is 5.73 Å². The van der Waals surface area contributed by atoms with Crippen molar-refractivity contribution in [3.63, 3.8) is 0 Å². The topological polar surface area (TPSA) is 130 Å². The average molecular weight is 359 g/mol. The second-order valence-corrected chi connectivity index (χ2v) is 6.71. The molecular weight excluding hydrogens is 341 g/mol. The van der Waals surface area contributed by atoms with E-state index in [1.54, 1.807) is 0 Å². The summed E-state index contributed by atoms with van der Waals surface area (Å²) in [6.45, 7) is 0.337. The van der Waals surface area contributed by atoms with Gasteiger partial charge in [0, 0.05) is 31.0 Å². The third kappa shape index (κ3) is 2.57. The van der Waals surface area contributed by atoms with Gasteiger partial charge in [-0.05, 0) is 25.7 Å². The fourth-order valence-electron chi connectivity index (χ4n) is 4.07. The van der Waals surface area contributed by atoms with Crippen LogP contribution in [0.1, 0.15) is 46.7 Å². The lowest BCUT2D eigenvalue weighted by Crippen LogP contribution is -2.50. The largest absolute Gasteiger partial charge is 0.364 e. The van der Waals surface area contributed by atoms with Gasteiger partial charge in [0.1, 0.15) is 5.69 Å². The normalized spacial score (nSPS) is 24.0. The van der Waals surface area contributed by atoms with Crippen LogP contribution >= 0.6 is 0 Å². The minimum absolute atomic E-state index is 0.00151. The zero-order chi connectivity index (χ0) is 18.3. The van der Waals surface area contributed by atoms with Crippen LogP contribution in [0.4, 0.5) is 10.2 Å². The quantitative estimate of drug-likeness (QED) is 0.707. The predicted octanol–water partition coefficient (Wildman–Crippen LogP) is 0.369. The molecule has 26 heavy (non-hydrogen) atoms. The number of carbonyl (C=O) groups excluding carboxylic acids is 2. The summed E-state index contributed by atoms with van der Waals surface area (Å²) in [5, 5.41) is 9.05. The molecule has 0 aliphatic carbocycles. The number of anilines is 1. The predicted molar refractivity (Wildman–Crippen MR) is 88.9 cm³/mol. The molecule has 2 bridgehead atoms. The van der Waals surface area contributed by atoms with Gasteiger partial charge in [0.25, 0.3) is 17.8 Å². The molecular formula is C16H18FN7O2. The molecule has 2 aliphatic heterocycles. The van der Waals surface area contributed by atoms with Gasteiger partial charge in [-0.2, -0.15) is 9.49 Å². The maximum absolute atomic E-state index is 14.2. The zero-order valence-corrected chi connectivity index (χ0v) is 13.9. The first-order chi connectivity index (χ1) is 12.5. The molecule has 2 aromatic rings. The lowest BCUT2D eigenvalue weighted by molar-refractivity contribution is 0.0938. The van der Waals surface area contributed by atoms with E-state index in [0.29, 0.717) is 6.54 Å². The maximum atomic E-state index is 14.2. The van der Waals surface area contributed by atoms with E-state index in [9.17, 15) is 14.0 Å². The Morgan fingerprint density at radius 2 is 2.08 bits per heavy atom. The number of nitrogens with two attached hydrogens (primary N) is 1. The number of H-pyrrole nitrogens is 1. The maximum Gasteiger partial charge on any atom is 0.269 e. The van der Waals surface area contributed by atoms with Crippen LogP contribution in [0.2, 0.25) is 0 Å². The van der Waals surface area contributed by atoms with Crippen LogP contribution in [0.15, 0.2) is 18.5 Å². The highest BCUT2D eigenvalue weighted by molar-refractivity contribution is 5.97. The van der Waals surface area contributed by atoms with E-state index >= 15 is 0 Å². The van der Waals surface area contributed by atoms with Gasteiger partial charge in [-0.3, -0.25) is 14.7 Å². The Balaban J connectivity index is 1.52. The molecule has 2 fully saturated rings. The van der Waals surface area contributed by atoms with Crippen molar-refractivity contribution < 1.29 is 14.0 Å². The molecule has 0 aromatic carbocycles. The first-order valence-corrected chi connectivity index (χ1v) is 8.39. The molecule has 4 rings (SSSR count). The molecule has 10 heteroatoms. The van der Waals surface area contributed by atoms with Gasteiger partial charge >= 0.3 is 0 Å². The summed E-state index contributed by atoms with van der Waals surface area (Å²) in [6, 6.07) is 1.51. The molecule has 0 unspecified atom stereocenters. The van der Waals surface area contributed by atoms with Gasteiger partial charge in [-0.25, -0.2) is 9.97 Å². The molecule has 136 valence electrons. The Morgan fingerprint density at radius 3 is 2.73 bits per heavy atom. The number of amides is 2. The van der Waals surface area contributed by atoms with Crippen LogP contribution in [-0.4, -0.2) is 50.1 Å². The Morgan fingerprint density at radius 1 is 1.35 bits per heavy atom. The SMILES string of the molecule is NC(=O)c1cc(C(=O)NCC23CCC(CC2)N3c2nccnc2F)[nH]n1. The molecule has 2 amide bonds. The Bertz CT molecular complexity index is 860. The number of nitrogens with one attached hydrogen (secondary N) is 2. The molecule has 2 aliphatic rings.